The number of rotatable bonds is 6. The van der Waals surface area contributed by atoms with Crippen LogP contribution in [0.15, 0.2) is 41.8 Å². The number of thioether (sulfide) groups is 1. The van der Waals surface area contributed by atoms with E-state index in [2.05, 4.69) is 44.7 Å². The van der Waals surface area contributed by atoms with Crippen LogP contribution in [0.2, 0.25) is 0 Å². The van der Waals surface area contributed by atoms with Crippen molar-refractivity contribution in [3.05, 3.63) is 42.5 Å². The van der Waals surface area contributed by atoms with Crippen molar-refractivity contribution in [1.82, 2.24) is 0 Å². The van der Waals surface area contributed by atoms with E-state index >= 15 is 0 Å². The van der Waals surface area contributed by atoms with Gasteiger partial charge in [-0.1, -0.05) is 30.7 Å². The van der Waals surface area contributed by atoms with Gasteiger partial charge in [0.1, 0.15) is 5.78 Å². The van der Waals surface area contributed by atoms with Gasteiger partial charge >= 0.3 is 0 Å². The molecule has 2 rings (SSSR count). The van der Waals surface area contributed by atoms with E-state index < -0.39 is 0 Å². The maximum Gasteiger partial charge on any atom is 0.136 e. The van der Waals surface area contributed by atoms with Crippen LogP contribution in [0, 0.1) is 18.3 Å². The number of hydrogen-bond acceptors (Lipinski definition) is 2. The summed E-state index contributed by atoms with van der Waals surface area (Å²) in [5, 5.41) is 0. The van der Waals surface area contributed by atoms with E-state index in [0.717, 1.165) is 31.4 Å². The lowest BCUT2D eigenvalue weighted by Gasteiger charge is -2.33. The molecule has 1 aliphatic carbocycles. The molecule has 0 radical (unpaired) electrons. The lowest BCUT2D eigenvalue weighted by Crippen LogP contribution is -2.32. The summed E-state index contributed by atoms with van der Waals surface area (Å²) in [6.07, 6.45) is 5.78. The Morgan fingerprint density at radius 1 is 1.40 bits per heavy atom. The van der Waals surface area contributed by atoms with Gasteiger partial charge in [0.05, 0.1) is 0 Å². The first-order chi connectivity index (χ1) is 9.55. The number of Topliss-reactive ketones (excluding diaryl/α,β-unsaturated/α-hetero) is 1. The van der Waals surface area contributed by atoms with Gasteiger partial charge in [0.25, 0.3) is 0 Å². The predicted octanol–water partition coefficient (Wildman–Crippen LogP) is 5.04. The Hall–Kier alpha value is -1.02. The number of carbonyl (C=O) groups is 1. The Morgan fingerprint density at radius 2 is 2.10 bits per heavy atom. The number of aryl methyl sites for hydroxylation is 1. The molecule has 20 heavy (non-hydrogen) atoms. The van der Waals surface area contributed by atoms with Crippen LogP contribution in [-0.2, 0) is 4.79 Å². The second kappa shape index (κ2) is 6.62. The van der Waals surface area contributed by atoms with Crippen molar-refractivity contribution < 1.29 is 4.79 Å². The molecule has 0 saturated heterocycles. The fourth-order valence-electron chi connectivity index (χ4n) is 3.07. The molecule has 0 heterocycles. The smallest absolute Gasteiger partial charge is 0.136 e. The van der Waals surface area contributed by atoms with E-state index in [1.165, 1.54) is 10.5 Å². The van der Waals surface area contributed by atoms with Crippen molar-refractivity contribution in [1.29, 1.82) is 0 Å². The Kier molecular flexibility index (Phi) is 5.09. The average molecular weight is 288 g/mol. The van der Waals surface area contributed by atoms with Crippen molar-refractivity contribution in [2.45, 2.75) is 44.4 Å². The van der Waals surface area contributed by atoms with E-state index in [4.69, 9.17) is 0 Å². The van der Waals surface area contributed by atoms with Gasteiger partial charge in [-0.05, 0) is 43.7 Å². The molecule has 0 amide bonds. The van der Waals surface area contributed by atoms with Crippen LogP contribution in [0.5, 0.6) is 0 Å². The van der Waals surface area contributed by atoms with Crippen LogP contribution in [-0.4, -0.2) is 11.5 Å². The monoisotopic (exact) mass is 288 g/mol. The van der Waals surface area contributed by atoms with Gasteiger partial charge in [-0.15, -0.1) is 18.3 Å². The third-order valence-electron chi connectivity index (χ3n) is 4.35. The lowest BCUT2D eigenvalue weighted by molar-refractivity contribution is -0.123. The molecule has 0 aromatic heterocycles. The van der Waals surface area contributed by atoms with Crippen LogP contribution in [0.25, 0.3) is 0 Å². The fourth-order valence-corrected chi connectivity index (χ4v) is 4.21. The van der Waals surface area contributed by atoms with E-state index in [9.17, 15) is 4.79 Å². The van der Waals surface area contributed by atoms with E-state index in [1.807, 2.05) is 17.8 Å². The quantitative estimate of drug-likeness (QED) is 0.539. The summed E-state index contributed by atoms with van der Waals surface area (Å²) in [6.45, 7) is 8.25. The Bertz CT molecular complexity index is 477. The molecule has 0 aliphatic heterocycles. The highest BCUT2D eigenvalue weighted by atomic mass is 32.2. The van der Waals surface area contributed by atoms with Gasteiger partial charge in [-0.2, -0.15) is 0 Å². The highest BCUT2D eigenvalue weighted by molar-refractivity contribution is 7.99. The summed E-state index contributed by atoms with van der Waals surface area (Å²) < 4.78 is 0. The minimum Gasteiger partial charge on any atom is -0.299 e. The molecule has 1 fully saturated rings. The van der Waals surface area contributed by atoms with E-state index in [1.54, 1.807) is 0 Å². The number of ketones is 1. The van der Waals surface area contributed by atoms with Gasteiger partial charge in [-0.3, -0.25) is 4.79 Å². The van der Waals surface area contributed by atoms with E-state index in [-0.39, 0.29) is 11.3 Å². The maximum absolute atomic E-state index is 12.1. The third kappa shape index (κ3) is 3.54. The van der Waals surface area contributed by atoms with Crippen molar-refractivity contribution in [2.75, 3.05) is 5.75 Å². The third-order valence-corrected chi connectivity index (χ3v) is 5.76. The largest absolute Gasteiger partial charge is 0.299 e. The molecule has 108 valence electrons. The van der Waals surface area contributed by atoms with Gasteiger partial charge in [0, 0.05) is 23.0 Å². The molecule has 2 atom stereocenters. The number of allylic oxidation sites excluding steroid dienone is 1. The minimum atomic E-state index is 0.0465. The summed E-state index contributed by atoms with van der Waals surface area (Å²) >= 11 is 1.86. The van der Waals surface area contributed by atoms with Crippen LogP contribution in [0.1, 0.15) is 38.2 Å². The van der Waals surface area contributed by atoms with Crippen molar-refractivity contribution in [2.24, 2.45) is 11.3 Å². The number of carbonyl (C=O) groups excluding carboxylic acids is 1. The van der Waals surface area contributed by atoms with Crippen LogP contribution < -0.4 is 0 Å². The molecule has 0 N–H and O–H groups in total. The van der Waals surface area contributed by atoms with Crippen molar-refractivity contribution in [3.63, 3.8) is 0 Å². The van der Waals surface area contributed by atoms with E-state index in [0.29, 0.717) is 5.78 Å². The maximum atomic E-state index is 12.1. The normalized spacial score (nSPS) is 21.7. The molecule has 1 aromatic rings. The van der Waals surface area contributed by atoms with Gasteiger partial charge in [-0.25, -0.2) is 0 Å². The molecule has 0 bridgehead atoms. The Balaban J connectivity index is 2.06. The van der Waals surface area contributed by atoms with Gasteiger partial charge < -0.3 is 0 Å². The molecule has 1 aromatic carbocycles. The van der Waals surface area contributed by atoms with Gasteiger partial charge in [0.15, 0.2) is 0 Å². The topological polar surface area (TPSA) is 17.1 Å². The molecule has 2 unspecified atom stereocenters. The highest BCUT2D eigenvalue weighted by Gasteiger charge is 2.40. The average Bonchev–Trinajstić information content (AvgIpc) is 2.85. The SMILES string of the molecule is C=CCC(C)(CSc1ccc(C)cc1)C1CCCC1=O. The lowest BCUT2D eigenvalue weighted by atomic mass is 9.74. The Morgan fingerprint density at radius 3 is 2.65 bits per heavy atom. The fraction of sp³-hybridized carbons (Fsp3) is 0.500. The molecule has 1 nitrogen and oxygen atoms in total. The molecular formula is C18H24OS. The molecule has 2 heteroatoms. The molecule has 1 aliphatic rings. The number of hydrogen-bond donors (Lipinski definition) is 0. The summed E-state index contributed by atoms with van der Waals surface area (Å²) in [5.41, 5.74) is 1.33. The molecular weight excluding hydrogens is 264 g/mol. The highest BCUT2D eigenvalue weighted by Crippen LogP contribution is 2.43. The molecule has 1 saturated carbocycles. The first kappa shape index (κ1) is 15.4. The number of benzene rings is 1. The zero-order valence-corrected chi connectivity index (χ0v) is 13.3. The predicted molar refractivity (Wildman–Crippen MR) is 87.2 cm³/mol. The first-order valence-electron chi connectivity index (χ1n) is 7.38. The van der Waals surface area contributed by atoms with Crippen molar-refractivity contribution >= 4 is 17.5 Å². The summed E-state index contributed by atoms with van der Waals surface area (Å²) in [5.74, 6) is 1.66. The van der Waals surface area contributed by atoms with Crippen LogP contribution >= 0.6 is 11.8 Å². The zero-order chi connectivity index (χ0) is 14.6. The van der Waals surface area contributed by atoms with Crippen LogP contribution in [0.4, 0.5) is 0 Å². The Labute approximate surface area is 126 Å². The van der Waals surface area contributed by atoms with Crippen LogP contribution in [0.3, 0.4) is 0 Å². The second-order valence-electron chi connectivity index (χ2n) is 6.16. The molecule has 0 spiro atoms. The summed E-state index contributed by atoms with van der Waals surface area (Å²) in [7, 11) is 0. The minimum absolute atomic E-state index is 0.0465. The first-order valence-corrected chi connectivity index (χ1v) is 8.37. The zero-order valence-electron chi connectivity index (χ0n) is 12.5. The summed E-state index contributed by atoms with van der Waals surface area (Å²) in [6, 6.07) is 8.64. The van der Waals surface area contributed by atoms with Gasteiger partial charge in [0.2, 0.25) is 0 Å². The standard InChI is InChI=1S/C18H24OS/c1-4-12-18(3,16-6-5-7-17(16)19)13-20-15-10-8-14(2)9-11-15/h4,8-11,16H,1,5-7,12-13H2,2-3H3. The summed E-state index contributed by atoms with van der Waals surface area (Å²) in [4.78, 5) is 13.4. The second-order valence-corrected chi connectivity index (χ2v) is 7.21. The van der Waals surface area contributed by atoms with Crippen molar-refractivity contribution in [3.8, 4) is 0 Å².